The number of carbonyl (C=O) groups is 1. The van der Waals surface area contributed by atoms with Crippen molar-refractivity contribution in [3.05, 3.63) is 82.3 Å². The van der Waals surface area contributed by atoms with E-state index in [1.807, 2.05) is 12.1 Å². The molecule has 0 bridgehead atoms. The van der Waals surface area contributed by atoms with Crippen molar-refractivity contribution in [1.29, 1.82) is 0 Å². The quantitative estimate of drug-likeness (QED) is 0.336. The molecule has 0 unspecified atom stereocenters. The summed E-state index contributed by atoms with van der Waals surface area (Å²) >= 11 is 12.5. The number of carbonyl (C=O) groups excluding carboxylic acids is 1. The highest BCUT2D eigenvalue weighted by Crippen LogP contribution is 2.35. The van der Waals surface area contributed by atoms with Gasteiger partial charge in [-0.3, -0.25) is 4.79 Å². The third kappa shape index (κ3) is 5.36. The van der Waals surface area contributed by atoms with Gasteiger partial charge in [-0.15, -0.1) is 0 Å². The highest BCUT2D eigenvalue weighted by atomic mass is 35.5. The van der Waals surface area contributed by atoms with E-state index in [0.29, 0.717) is 32.9 Å². The second-order valence-electron chi connectivity index (χ2n) is 6.93. The lowest BCUT2D eigenvalue weighted by Crippen LogP contribution is -2.17. The monoisotopic (exact) mass is 495 g/mol. The molecule has 1 amide bonds. The maximum Gasteiger partial charge on any atom is 0.327 e. The minimum Gasteiger partial charge on any atom is -0.497 e. The molecular weight excluding hydrogens is 477 g/mol. The van der Waals surface area contributed by atoms with E-state index < -0.39 is 0 Å². The van der Waals surface area contributed by atoms with Gasteiger partial charge in [0.05, 0.1) is 17.2 Å². The molecule has 0 aliphatic rings. The molecule has 0 atom stereocenters. The van der Waals surface area contributed by atoms with Crippen LogP contribution in [0.2, 0.25) is 10.0 Å². The Balaban J connectivity index is 1.71. The fourth-order valence-corrected chi connectivity index (χ4v) is 3.45. The molecule has 34 heavy (non-hydrogen) atoms. The molecule has 1 aromatic heterocycles. The number of nitrogens with zero attached hydrogens (tertiary/aromatic N) is 3. The number of para-hydroxylation sites is 1. The third-order valence-electron chi connectivity index (χ3n) is 4.71. The largest absolute Gasteiger partial charge is 0.497 e. The molecule has 8 nitrogen and oxygen atoms in total. The van der Waals surface area contributed by atoms with E-state index in [0.717, 1.165) is 5.56 Å². The number of hydrogen-bond donors (Lipinski definition) is 2. The number of ether oxygens (including phenoxy) is 2. The first-order valence-electron chi connectivity index (χ1n) is 10.1. The van der Waals surface area contributed by atoms with E-state index in [4.69, 9.17) is 32.7 Å². The van der Waals surface area contributed by atoms with E-state index in [-0.39, 0.29) is 23.6 Å². The Kier molecular flexibility index (Phi) is 7.10. The topological polar surface area (TPSA) is 98.3 Å². The fourth-order valence-electron chi connectivity index (χ4n) is 2.98. The van der Waals surface area contributed by atoms with Crippen LogP contribution in [0, 0.1) is 0 Å². The lowest BCUT2D eigenvalue weighted by atomic mass is 10.2. The predicted octanol–water partition coefficient (Wildman–Crippen LogP) is 5.75. The van der Waals surface area contributed by atoms with Crippen LogP contribution in [-0.2, 0) is 0 Å². The third-order valence-corrected chi connectivity index (χ3v) is 5.30. The highest BCUT2D eigenvalue weighted by Gasteiger charge is 2.15. The van der Waals surface area contributed by atoms with Crippen LogP contribution in [0.4, 0.5) is 11.6 Å². The standard InChI is InChI=1S/C24H19Cl2N5O3/c1-27-22(32)15-6-10-16(11-7-15)28-23-29-21(14-8-12-17(33-2)13-9-14)30-24(31-23)34-20-18(25)4-3-5-19(20)26/h3-13H,1-2H3,(H,27,32)(H,28,29,30,31). The van der Waals surface area contributed by atoms with Gasteiger partial charge in [0, 0.05) is 23.9 Å². The number of amides is 1. The molecule has 4 aromatic rings. The second-order valence-corrected chi connectivity index (χ2v) is 7.74. The predicted molar refractivity (Wildman–Crippen MR) is 131 cm³/mol. The van der Waals surface area contributed by atoms with Gasteiger partial charge in [0.1, 0.15) is 5.75 Å². The molecule has 10 heteroatoms. The van der Waals surface area contributed by atoms with Gasteiger partial charge in [0.15, 0.2) is 11.6 Å². The maximum absolute atomic E-state index is 11.8. The Morgan fingerprint density at radius 2 is 1.56 bits per heavy atom. The van der Waals surface area contributed by atoms with Crippen LogP contribution in [0.3, 0.4) is 0 Å². The molecule has 0 saturated heterocycles. The zero-order valence-corrected chi connectivity index (χ0v) is 19.7. The highest BCUT2D eigenvalue weighted by molar-refractivity contribution is 6.37. The molecule has 0 spiro atoms. The van der Waals surface area contributed by atoms with E-state index in [2.05, 4.69) is 25.6 Å². The SMILES string of the molecule is CNC(=O)c1ccc(Nc2nc(Oc3c(Cl)cccc3Cl)nc(-c3ccc(OC)cc3)n2)cc1. The lowest BCUT2D eigenvalue weighted by Gasteiger charge is -2.12. The molecule has 0 saturated carbocycles. The first-order valence-corrected chi connectivity index (χ1v) is 10.8. The van der Waals surface area contributed by atoms with Crippen molar-refractivity contribution >= 4 is 40.7 Å². The van der Waals surface area contributed by atoms with Gasteiger partial charge in [-0.05, 0) is 60.7 Å². The summed E-state index contributed by atoms with van der Waals surface area (Å²) in [6.45, 7) is 0. The fraction of sp³-hybridized carbons (Fsp3) is 0.0833. The molecule has 4 rings (SSSR count). The van der Waals surface area contributed by atoms with Crippen molar-refractivity contribution in [3.8, 4) is 28.9 Å². The van der Waals surface area contributed by atoms with Crippen molar-refractivity contribution in [2.75, 3.05) is 19.5 Å². The molecular formula is C24H19Cl2N5O3. The molecule has 0 radical (unpaired) electrons. The van der Waals surface area contributed by atoms with Gasteiger partial charge in [-0.2, -0.15) is 15.0 Å². The van der Waals surface area contributed by atoms with Crippen molar-refractivity contribution in [2.45, 2.75) is 0 Å². The minimum absolute atomic E-state index is 0.000277. The number of hydrogen-bond acceptors (Lipinski definition) is 7. The van der Waals surface area contributed by atoms with Crippen LogP contribution in [0.1, 0.15) is 10.4 Å². The molecule has 3 aromatic carbocycles. The van der Waals surface area contributed by atoms with Gasteiger partial charge in [-0.25, -0.2) is 0 Å². The summed E-state index contributed by atoms with van der Waals surface area (Å²) in [7, 11) is 3.17. The summed E-state index contributed by atoms with van der Waals surface area (Å²) < 4.78 is 11.1. The summed E-state index contributed by atoms with van der Waals surface area (Å²) in [5.41, 5.74) is 1.91. The van der Waals surface area contributed by atoms with Gasteiger partial charge in [0.2, 0.25) is 5.95 Å². The Bertz CT molecular complexity index is 1300. The normalized spacial score (nSPS) is 10.5. The smallest absolute Gasteiger partial charge is 0.327 e. The van der Waals surface area contributed by atoms with Gasteiger partial charge < -0.3 is 20.1 Å². The molecule has 0 aliphatic carbocycles. The molecule has 2 N–H and O–H groups in total. The van der Waals surface area contributed by atoms with Gasteiger partial charge >= 0.3 is 6.01 Å². The number of halogens is 2. The second kappa shape index (κ2) is 10.4. The average molecular weight is 496 g/mol. The van der Waals surface area contributed by atoms with Crippen molar-refractivity contribution in [3.63, 3.8) is 0 Å². The molecule has 0 fully saturated rings. The maximum atomic E-state index is 11.8. The van der Waals surface area contributed by atoms with Crippen LogP contribution in [0.15, 0.2) is 66.7 Å². The zero-order chi connectivity index (χ0) is 24.1. The van der Waals surface area contributed by atoms with Gasteiger partial charge in [0.25, 0.3) is 5.91 Å². The summed E-state index contributed by atoms with van der Waals surface area (Å²) in [6.07, 6.45) is 0. The number of anilines is 2. The van der Waals surface area contributed by atoms with Gasteiger partial charge in [-0.1, -0.05) is 29.3 Å². The lowest BCUT2D eigenvalue weighted by molar-refractivity contribution is 0.0963. The number of rotatable bonds is 7. The summed E-state index contributed by atoms with van der Waals surface area (Å²) in [4.78, 5) is 25.1. The van der Waals surface area contributed by atoms with Crippen LogP contribution in [-0.4, -0.2) is 35.0 Å². The Morgan fingerprint density at radius 3 is 2.18 bits per heavy atom. The first-order chi connectivity index (χ1) is 16.5. The van der Waals surface area contributed by atoms with Crippen molar-refractivity contribution < 1.29 is 14.3 Å². The first kappa shape index (κ1) is 23.3. The number of nitrogens with one attached hydrogen (secondary N) is 2. The summed E-state index contributed by atoms with van der Waals surface area (Å²) in [5.74, 6) is 1.35. The summed E-state index contributed by atoms with van der Waals surface area (Å²) in [5, 5.41) is 6.33. The zero-order valence-electron chi connectivity index (χ0n) is 18.2. The molecule has 1 heterocycles. The molecule has 0 aliphatic heterocycles. The number of methoxy groups -OCH3 is 1. The van der Waals surface area contributed by atoms with E-state index in [9.17, 15) is 4.79 Å². The Morgan fingerprint density at radius 1 is 0.882 bits per heavy atom. The van der Waals surface area contributed by atoms with Crippen LogP contribution < -0.4 is 20.1 Å². The van der Waals surface area contributed by atoms with Crippen molar-refractivity contribution in [2.24, 2.45) is 0 Å². The average Bonchev–Trinajstić information content (AvgIpc) is 2.86. The van der Waals surface area contributed by atoms with Crippen LogP contribution in [0.25, 0.3) is 11.4 Å². The number of benzene rings is 3. The van der Waals surface area contributed by atoms with E-state index in [1.54, 1.807) is 68.8 Å². The van der Waals surface area contributed by atoms with E-state index >= 15 is 0 Å². The van der Waals surface area contributed by atoms with Crippen molar-refractivity contribution in [1.82, 2.24) is 20.3 Å². The summed E-state index contributed by atoms with van der Waals surface area (Å²) in [6, 6.07) is 19.1. The Hall–Kier alpha value is -3.88. The molecule has 172 valence electrons. The van der Waals surface area contributed by atoms with Crippen LogP contribution in [0.5, 0.6) is 17.5 Å². The Labute approximate surface area is 205 Å². The minimum atomic E-state index is -0.180. The van der Waals surface area contributed by atoms with E-state index in [1.165, 1.54) is 0 Å². The number of aromatic nitrogens is 3. The van der Waals surface area contributed by atoms with Crippen LogP contribution >= 0.6 is 23.2 Å².